The Morgan fingerprint density at radius 3 is 2.69 bits per heavy atom. The number of hydrogen-bond acceptors (Lipinski definition) is 4. The Morgan fingerprint density at radius 1 is 1.24 bits per heavy atom. The van der Waals surface area contributed by atoms with Crippen LogP contribution in [0, 0.1) is 0 Å². The van der Waals surface area contributed by atoms with Gasteiger partial charge in [-0.2, -0.15) is 0 Å². The van der Waals surface area contributed by atoms with E-state index in [4.69, 9.17) is 4.42 Å². The Kier molecular flexibility index (Phi) is 4.84. The first-order valence-corrected chi connectivity index (χ1v) is 9.40. The van der Waals surface area contributed by atoms with Crippen LogP contribution in [0.3, 0.4) is 0 Å². The van der Waals surface area contributed by atoms with E-state index in [1.165, 1.54) is 16.1 Å². The maximum absolute atomic E-state index is 13.2. The Hall–Kier alpha value is -3.55. The Labute approximate surface area is 168 Å². The van der Waals surface area contributed by atoms with E-state index in [2.05, 4.69) is 10.6 Å². The zero-order valence-corrected chi connectivity index (χ0v) is 16.2. The van der Waals surface area contributed by atoms with Gasteiger partial charge in [-0.25, -0.2) is 4.79 Å². The van der Waals surface area contributed by atoms with Gasteiger partial charge in [0.2, 0.25) is 5.91 Å². The zero-order valence-electron chi connectivity index (χ0n) is 16.2. The normalized spacial score (nSPS) is 19.9. The second-order valence-corrected chi connectivity index (χ2v) is 7.12. The Balaban J connectivity index is 1.55. The van der Waals surface area contributed by atoms with Gasteiger partial charge < -0.3 is 20.0 Å². The van der Waals surface area contributed by atoms with Crippen LogP contribution in [0.5, 0.6) is 0 Å². The third-order valence-corrected chi connectivity index (χ3v) is 5.39. The van der Waals surface area contributed by atoms with Crippen LogP contribution in [0.4, 0.5) is 4.79 Å². The fourth-order valence-electron chi connectivity index (χ4n) is 3.67. The highest BCUT2D eigenvalue weighted by Gasteiger charge is 2.45. The lowest BCUT2D eigenvalue weighted by Gasteiger charge is -2.31. The van der Waals surface area contributed by atoms with Crippen molar-refractivity contribution in [2.45, 2.75) is 25.6 Å². The molecule has 0 saturated carbocycles. The van der Waals surface area contributed by atoms with E-state index in [1.54, 1.807) is 26.1 Å². The number of carbonyl (C=O) groups excluding carboxylic acids is 3. The van der Waals surface area contributed by atoms with Crippen molar-refractivity contribution in [3.8, 4) is 0 Å². The molecule has 2 N–H and O–H groups in total. The third kappa shape index (κ3) is 3.37. The lowest BCUT2D eigenvalue weighted by atomic mass is 9.96. The molecule has 0 saturated heterocycles. The number of likely N-dealkylation sites (N-methyl/N-ethyl adjacent to an activating group) is 1. The predicted octanol–water partition coefficient (Wildman–Crippen LogP) is 1.78. The molecule has 2 aliphatic heterocycles. The van der Waals surface area contributed by atoms with Gasteiger partial charge in [0, 0.05) is 7.05 Å². The molecule has 29 heavy (non-hydrogen) atoms. The second kappa shape index (κ2) is 7.46. The molecule has 4 rings (SSSR count). The molecule has 0 fully saturated rings. The molecule has 2 aliphatic rings. The maximum Gasteiger partial charge on any atom is 0.322 e. The van der Waals surface area contributed by atoms with E-state index in [0.29, 0.717) is 17.0 Å². The lowest BCUT2D eigenvalue weighted by Crippen LogP contribution is -2.46. The van der Waals surface area contributed by atoms with Crippen molar-refractivity contribution in [2.24, 2.45) is 0 Å². The molecule has 2 aromatic rings. The molecule has 8 heteroatoms. The van der Waals surface area contributed by atoms with Crippen LogP contribution in [0.2, 0.25) is 0 Å². The number of urea groups is 1. The molecule has 1 aromatic carbocycles. The number of benzene rings is 1. The quantitative estimate of drug-likeness (QED) is 0.808. The molecule has 4 amide bonds. The van der Waals surface area contributed by atoms with Crippen LogP contribution in [-0.4, -0.2) is 47.3 Å². The van der Waals surface area contributed by atoms with Gasteiger partial charge in [0.15, 0.2) is 0 Å². The molecule has 8 nitrogen and oxygen atoms in total. The van der Waals surface area contributed by atoms with E-state index in [0.717, 1.165) is 5.56 Å². The first-order valence-electron chi connectivity index (χ1n) is 9.40. The number of carbonyl (C=O) groups is 3. The number of nitrogens with one attached hydrogen (secondary N) is 2. The van der Waals surface area contributed by atoms with Crippen molar-refractivity contribution < 1.29 is 18.8 Å². The van der Waals surface area contributed by atoms with Gasteiger partial charge in [0.25, 0.3) is 5.91 Å². The van der Waals surface area contributed by atoms with Crippen LogP contribution < -0.4 is 10.6 Å². The summed E-state index contributed by atoms with van der Waals surface area (Å²) in [5.41, 5.74) is 1.95. The van der Waals surface area contributed by atoms with Gasteiger partial charge in [-0.15, -0.1) is 0 Å². The summed E-state index contributed by atoms with van der Waals surface area (Å²) in [6, 6.07) is 11.4. The summed E-state index contributed by atoms with van der Waals surface area (Å²) in [4.78, 5) is 41.2. The minimum atomic E-state index is -0.692. The van der Waals surface area contributed by atoms with E-state index in [1.807, 2.05) is 30.3 Å². The summed E-state index contributed by atoms with van der Waals surface area (Å²) in [6.45, 7) is 2.13. The fraction of sp³-hybridized carbons (Fsp3) is 0.286. The fourth-order valence-corrected chi connectivity index (χ4v) is 3.67. The molecule has 0 radical (unpaired) electrons. The molecular formula is C21H22N4O4. The number of hydrogen-bond donors (Lipinski definition) is 2. The average Bonchev–Trinajstić information content (AvgIpc) is 3.37. The Morgan fingerprint density at radius 2 is 2.00 bits per heavy atom. The molecule has 0 spiro atoms. The predicted molar refractivity (Wildman–Crippen MR) is 104 cm³/mol. The van der Waals surface area contributed by atoms with Crippen LogP contribution in [0.1, 0.15) is 24.3 Å². The second-order valence-electron chi connectivity index (χ2n) is 7.12. The van der Waals surface area contributed by atoms with E-state index >= 15 is 0 Å². The topological polar surface area (TPSA) is 94.9 Å². The summed E-state index contributed by atoms with van der Waals surface area (Å²) in [7, 11) is 1.63. The molecule has 0 aliphatic carbocycles. The van der Waals surface area contributed by atoms with Gasteiger partial charge in [0.05, 0.1) is 36.7 Å². The van der Waals surface area contributed by atoms with Gasteiger partial charge in [-0.1, -0.05) is 30.3 Å². The summed E-state index contributed by atoms with van der Waals surface area (Å²) in [6.07, 6.45) is 1.54. The summed E-state index contributed by atoms with van der Waals surface area (Å²) in [5.74, 6) is 0.100. The highest BCUT2D eigenvalue weighted by molar-refractivity contribution is 6.03. The van der Waals surface area contributed by atoms with Crippen molar-refractivity contribution in [3.63, 3.8) is 0 Å². The molecule has 150 valence electrons. The number of nitrogens with zero attached hydrogens (tertiary/aromatic N) is 2. The van der Waals surface area contributed by atoms with E-state index in [-0.39, 0.29) is 30.9 Å². The Bertz CT molecular complexity index is 968. The first-order chi connectivity index (χ1) is 14.0. The minimum absolute atomic E-state index is 0.205. The molecule has 0 unspecified atom stereocenters. The average molecular weight is 394 g/mol. The van der Waals surface area contributed by atoms with Gasteiger partial charge in [-0.3, -0.25) is 14.5 Å². The smallest absolute Gasteiger partial charge is 0.322 e. The summed E-state index contributed by atoms with van der Waals surface area (Å²) < 4.78 is 5.22. The first kappa shape index (κ1) is 18.8. The van der Waals surface area contributed by atoms with Crippen molar-refractivity contribution in [1.82, 2.24) is 20.4 Å². The van der Waals surface area contributed by atoms with Crippen molar-refractivity contribution in [2.75, 3.05) is 13.6 Å². The molecule has 3 heterocycles. The standard InChI is InChI=1S/C21H22N4O4/c1-13(19(26)22-11-15-9-6-10-29-15)25-12-16-17(20(25)27)18(23-21(28)24(16)2)14-7-4-3-5-8-14/h3-10,13,18H,11-12H2,1-2H3,(H,22,26)(H,23,28)/t13-,18+/m0/s1. The van der Waals surface area contributed by atoms with Gasteiger partial charge in [0.1, 0.15) is 11.8 Å². The van der Waals surface area contributed by atoms with Crippen LogP contribution in [0.15, 0.2) is 64.4 Å². The van der Waals surface area contributed by atoms with E-state index < -0.39 is 12.1 Å². The summed E-state index contributed by atoms with van der Waals surface area (Å²) >= 11 is 0. The monoisotopic (exact) mass is 394 g/mol. The molecule has 2 atom stereocenters. The van der Waals surface area contributed by atoms with E-state index in [9.17, 15) is 14.4 Å². The molecule has 0 bridgehead atoms. The van der Waals surface area contributed by atoms with Gasteiger partial charge >= 0.3 is 6.03 Å². The maximum atomic E-state index is 13.2. The minimum Gasteiger partial charge on any atom is -0.467 e. The number of amides is 4. The third-order valence-electron chi connectivity index (χ3n) is 5.39. The molecule has 1 aromatic heterocycles. The summed E-state index contributed by atoms with van der Waals surface area (Å²) in [5, 5.41) is 5.67. The highest BCUT2D eigenvalue weighted by atomic mass is 16.3. The highest BCUT2D eigenvalue weighted by Crippen LogP contribution is 2.36. The number of furan rings is 1. The zero-order chi connectivity index (χ0) is 20.5. The van der Waals surface area contributed by atoms with Crippen LogP contribution >= 0.6 is 0 Å². The van der Waals surface area contributed by atoms with Crippen molar-refractivity contribution in [3.05, 3.63) is 71.3 Å². The van der Waals surface area contributed by atoms with Crippen molar-refractivity contribution in [1.29, 1.82) is 0 Å². The van der Waals surface area contributed by atoms with Crippen molar-refractivity contribution >= 4 is 17.8 Å². The SMILES string of the molecule is C[C@@H](C(=O)NCc1ccco1)N1CC2=C(C1=O)[C@@H](c1ccccc1)NC(=O)N2C. The lowest BCUT2D eigenvalue weighted by molar-refractivity contribution is -0.135. The largest absolute Gasteiger partial charge is 0.467 e. The van der Waals surface area contributed by atoms with Gasteiger partial charge in [-0.05, 0) is 24.6 Å². The van der Waals surface area contributed by atoms with Crippen LogP contribution in [0.25, 0.3) is 0 Å². The number of rotatable bonds is 5. The molecular weight excluding hydrogens is 372 g/mol. The van der Waals surface area contributed by atoms with Crippen LogP contribution in [-0.2, 0) is 16.1 Å².